The largest absolute Gasteiger partial charge is 0.349 e. The molecule has 0 saturated heterocycles. The highest BCUT2D eigenvalue weighted by molar-refractivity contribution is 5.48. The highest BCUT2D eigenvalue weighted by Crippen LogP contribution is 2.39. The Morgan fingerprint density at radius 3 is 2.57 bits per heavy atom. The lowest BCUT2D eigenvalue weighted by atomic mass is 10.2. The number of pyridine rings is 1. The maximum absolute atomic E-state index is 5.55. The molecule has 6 heteroatoms. The second-order valence-corrected chi connectivity index (χ2v) is 4.95. The van der Waals surface area contributed by atoms with Gasteiger partial charge < -0.3 is 14.0 Å². The van der Waals surface area contributed by atoms with Crippen LogP contribution in [0.4, 0.5) is 0 Å². The van der Waals surface area contributed by atoms with Crippen LogP contribution in [-0.2, 0) is 9.47 Å². The Morgan fingerprint density at radius 2 is 2.00 bits per heavy atom. The van der Waals surface area contributed by atoms with Gasteiger partial charge in [0.25, 0.3) is 0 Å². The zero-order chi connectivity index (χ0) is 14.7. The number of hydrogen-bond acceptors (Lipinski definition) is 6. The molecule has 0 N–H and O–H groups in total. The fraction of sp³-hybridized carbons (Fsp3) is 0.533. The monoisotopic (exact) mass is 289 g/mol. The van der Waals surface area contributed by atoms with Crippen LogP contribution in [0.25, 0.3) is 11.5 Å². The lowest BCUT2D eigenvalue weighted by molar-refractivity contribution is -0.140. The molecule has 1 saturated carbocycles. The van der Waals surface area contributed by atoms with E-state index < -0.39 is 0 Å². The Labute approximate surface area is 123 Å². The summed E-state index contributed by atoms with van der Waals surface area (Å²) >= 11 is 0. The molecule has 21 heavy (non-hydrogen) atoms. The molecule has 0 unspecified atom stereocenters. The Hall–Kier alpha value is -1.79. The average molecular weight is 289 g/mol. The molecule has 2 aromatic heterocycles. The smallest absolute Gasteiger partial charge is 0.230 e. The van der Waals surface area contributed by atoms with Gasteiger partial charge in [0.1, 0.15) is 5.69 Å². The molecule has 1 fully saturated rings. The molecule has 6 nitrogen and oxygen atoms in total. The van der Waals surface area contributed by atoms with E-state index in [1.165, 1.54) is 0 Å². The summed E-state index contributed by atoms with van der Waals surface area (Å²) in [5.41, 5.74) is 1.58. The zero-order valence-electron chi connectivity index (χ0n) is 12.3. The third-order valence-electron chi connectivity index (χ3n) is 3.29. The second kappa shape index (κ2) is 6.32. The molecule has 1 aliphatic carbocycles. The third-order valence-corrected chi connectivity index (χ3v) is 3.29. The van der Waals surface area contributed by atoms with E-state index in [4.69, 9.17) is 14.0 Å². The molecule has 0 atom stereocenters. The van der Waals surface area contributed by atoms with E-state index in [0.717, 1.165) is 24.3 Å². The number of rotatable bonds is 7. The van der Waals surface area contributed by atoms with E-state index in [2.05, 4.69) is 15.1 Å². The van der Waals surface area contributed by atoms with Gasteiger partial charge in [-0.2, -0.15) is 4.98 Å². The first-order chi connectivity index (χ1) is 10.3. The van der Waals surface area contributed by atoms with Crippen LogP contribution in [0.15, 0.2) is 22.9 Å². The highest BCUT2D eigenvalue weighted by Gasteiger charge is 2.30. The topological polar surface area (TPSA) is 70.3 Å². The Kier molecular flexibility index (Phi) is 4.26. The summed E-state index contributed by atoms with van der Waals surface area (Å²) in [6, 6.07) is 3.79. The summed E-state index contributed by atoms with van der Waals surface area (Å²) in [5, 5.41) is 3.98. The van der Waals surface area contributed by atoms with Crippen LogP contribution in [0.3, 0.4) is 0 Å². The number of ether oxygens (including phenoxy) is 2. The summed E-state index contributed by atoms with van der Waals surface area (Å²) < 4.78 is 16.3. The SMILES string of the molecule is CCOC(OCC)c1ccc(-c2noc(C3CC3)n2)nc1. The van der Waals surface area contributed by atoms with E-state index in [-0.39, 0.29) is 6.29 Å². The van der Waals surface area contributed by atoms with E-state index >= 15 is 0 Å². The molecule has 2 heterocycles. The van der Waals surface area contributed by atoms with Crippen molar-refractivity contribution < 1.29 is 14.0 Å². The van der Waals surface area contributed by atoms with Gasteiger partial charge >= 0.3 is 0 Å². The first-order valence-electron chi connectivity index (χ1n) is 7.35. The van der Waals surface area contributed by atoms with Crippen molar-refractivity contribution in [1.29, 1.82) is 0 Å². The van der Waals surface area contributed by atoms with Crippen molar-refractivity contribution in [1.82, 2.24) is 15.1 Å². The molecule has 0 radical (unpaired) electrons. The van der Waals surface area contributed by atoms with Gasteiger partial charge in [0.15, 0.2) is 6.29 Å². The molecular formula is C15H19N3O3. The minimum atomic E-state index is -0.381. The van der Waals surface area contributed by atoms with Crippen molar-refractivity contribution in [3.8, 4) is 11.5 Å². The molecule has 112 valence electrons. The van der Waals surface area contributed by atoms with Crippen LogP contribution in [-0.4, -0.2) is 28.3 Å². The summed E-state index contributed by atoms with van der Waals surface area (Å²) in [5.74, 6) is 1.70. The van der Waals surface area contributed by atoms with Crippen molar-refractivity contribution in [3.05, 3.63) is 29.8 Å². The molecule has 3 rings (SSSR count). The minimum Gasteiger partial charge on any atom is -0.349 e. The van der Waals surface area contributed by atoms with Gasteiger partial charge in [-0.25, -0.2) is 0 Å². The van der Waals surface area contributed by atoms with Gasteiger partial charge in [-0.15, -0.1) is 0 Å². The normalized spacial score (nSPS) is 14.8. The van der Waals surface area contributed by atoms with Crippen LogP contribution < -0.4 is 0 Å². The van der Waals surface area contributed by atoms with Gasteiger partial charge in [0, 0.05) is 30.9 Å². The van der Waals surface area contributed by atoms with E-state index in [1.807, 2.05) is 26.0 Å². The standard InChI is InChI=1S/C15H19N3O3/c1-3-19-15(20-4-2)11-7-8-12(16-9-11)13-17-14(21-18-13)10-5-6-10/h7-10,15H,3-6H2,1-2H3. The lowest BCUT2D eigenvalue weighted by Gasteiger charge is -2.16. The Morgan fingerprint density at radius 1 is 1.24 bits per heavy atom. The molecule has 2 aromatic rings. The van der Waals surface area contributed by atoms with Gasteiger partial charge in [-0.3, -0.25) is 4.98 Å². The molecule has 1 aliphatic rings. The average Bonchev–Trinajstić information content (AvgIpc) is 3.25. The molecule has 0 aliphatic heterocycles. The first-order valence-corrected chi connectivity index (χ1v) is 7.35. The fourth-order valence-corrected chi connectivity index (χ4v) is 2.06. The second-order valence-electron chi connectivity index (χ2n) is 4.95. The van der Waals surface area contributed by atoms with Crippen molar-refractivity contribution >= 4 is 0 Å². The van der Waals surface area contributed by atoms with Crippen LogP contribution in [0.5, 0.6) is 0 Å². The Balaban J connectivity index is 1.75. The van der Waals surface area contributed by atoms with Crippen molar-refractivity contribution in [2.45, 2.75) is 38.9 Å². The van der Waals surface area contributed by atoms with Gasteiger partial charge in [-0.05, 0) is 32.8 Å². The van der Waals surface area contributed by atoms with Gasteiger partial charge in [-0.1, -0.05) is 11.2 Å². The van der Waals surface area contributed by atoms with E-state index in [1.54, 1.807) is 6.20 Å². The summed E-state index contributed by atoms with van der Waals surface area (Å²) in [7, 11) is 0. The predicted molar refractivity (Wildman–Crippen MR) is 75.5 cm³/mol. The van der Waals surface area contributed by atoms with Crippen LogP contribution >= 0.6 is 0 Å². The molecule has 0 amide bonds. The summed E-state index contributed by atoms with van der Waals surface area (Å²) in [6.45, 7) is 5.04. The Bertz CT molecular complexity index is 572. The zero-order valence-corrected chi connectivity index (χ0v) is 12.3. The van der Waals surface area contributed by atoms with Crippen LogP contribution in [0.2, 0.25) is 0 Å². The number of nitrogens with zero attached hydrogens (tertiary/aromatic N) is 3. The van der Waals surface area contributed by atoms with Gasteiger partial charge in [0.2, 0.25) is 11.7 Å². The van der Waals surface area contributed by atoms with Crippen LogP contribution in [0, 0.1) is 0 Å². The van der Waals surface area contributed by atoms with Crippen molar-refractivity contribution in [3.63, 3.8) is 0 Å². The highest BCUT2D eigenvalue weighted by atomic mass is 16.7. The molecule has 0 aromatic carbocycles. The molecule has 0 bridgehead atoms. The minimum absolute atomic E-state index is 0.381. The van der Waals surface area contributed by atoms with Crippen LogP contribution in [0.1, 0.15) is 50.4 Å². The van der Waals surface area contributed by atoms with Crippen molar-refractivity contribution in [2.75, 3.05) is 13.2 Å². The number of hydrogen-bond donors (Lipinski definition) is 0. The number of aromatic nitrogens is 3. The quantitative estimate of drug-likeness (QED) is 0.729. The molecular weight excluding hydrogens is 270 g/mol. The maximum atomic E-state index is 5.55. The van der Waals surface area contributed by atoms with E-state index in [9.17, 15) is 0 Å². The summed E-state index contributed by atoms with van der Waals surface area (Å²) in [6.07, 6.45) is 3.63. The predicted octanol–water partition coefficient (Wildman–Crippen LogP) is 3.08. The molecule has 0 spiro atoms. The maximum Gasteiger partial charge on any atom is 0.230 e. The lowest BCUT2D eigenvalue weighted by Crippen LogP contribution is -2.09. The first kappa shape index (κ1) is 14.2. The van der Waals surface area contributed by atoms with Crippen molar-refractivity contribution in [2.24, 2.45) is 0 Å². The van der Waals surface area contributed by atoms with Gasteiger partial charge in [0.05, 0.1) is 0 Å². The third kappa shape index (κ3) is 3.28. The summed E-state index contributed by atoms with van der Waals surface area (Å²) in [4.78, 5) is 8.77. The fourth-order valence-electron chi connectivity index (χ4n) is 2.06. The van der Waals surface area contributed by atoms with E-state index in [0.29, 0.717) is 30.7 Å².